The zero-order valence-corrected chi connectivity index (χ0v) is 12.3. The molecule has 1 N–H and O–H groups in total. The van der Waals surface area contributed by atoms with Gasteiger partial charge in [-0.05, 0) is 18.9 Å². The summed E-state index contributed by atoms with van der Waals surface area (Å²) in [7, 11) is -3.93. The smallest absolute Gasteiger partial charge is 0.391 e. The molecule has 2 heterocycles. The maximum absolute atomic E-state index is 12.5. The fourth-order valence-electron chi connectivity index (χ4n) is 2.14. The van der Waals surface area contributed by atoms with Crippen molar-refractivity contribution in [1.82, 2.24) is 4.31 Å². The van der Waals surface area contributed by atoms with E-state index >= 15 is 0 Å². The predicted molar refractivity (Wildman–Crippen MR) is 68.8 cm³/mol. The van der Waals surface area contributed by atoms with E-state index in [1.807, 2.05) is 0 Å². The second kappa shape index (κ2) is 5.58. The lowest BCUT2D eigenvalue weighted by molar-refractivity contribution is -0.182. The average molecular weight is 343 g/mol. The summed E-state index contributed by atoms with van der Waals surface area (Å²) in [5.74, 6) is -2.72. The van der Waals surface area contributed by atoms with Crippen LogP contribution >= 0.6 is 11.3 Å². The summed E-state index contributed by atoms with van der Waals surface area (Å²) >= 11 is 0.768. The van der Waals surface area contributed by atoms with Gasteiger partial charge in [-0.15, -0.1) is 11.3 Å². The molecule has 1 saturated heterocycles. The van der Waals surface area contributed by atoms with Crippen LogP contribution < -0.4 is 0 Å². The highest BCUT2D eigenvalue weighted by Crippen LogP contribution is 2.35. The molecule has 2 rings (SSSR count). The summed E-state index contributed by atoms with van der Waals surface area (Å²) in [6, 6.07) is 1.03. The number of hydrogen-bond donors (Lipinski definition) is 1. The summed E-state index contributed by atoms with van der Waals surface area (Å²) in [4.78, 5) is 10.4. The van der Waals surface area contributed by atoms with Crippen molar-refractivity contribution in [2.24, 2.45) is 5.92 Å². The van der Waals surface area contributed by atoms with Gasteiger partial charge in [-0.3, -0.25) is 0 Å². The fraction of sp³-hybridized carbons (Fsp3) is 0.545. The number of hydrogen-bond acceptors (Lipinski definition) is 4. The fourth-order valence-corrected chi connectivity index (χ4v) is 4.71. The molecule has 10 heteroatoms. The van der Waals surface area contributed by atoms with Gasteiger partial charge in [-0.2, -0.15) is 17.5 Å². The maximum Gasteiger partial charge on any atom is 0.391 e. The molecule has 1 aromatic rings. The zero-order valence-electron chi connectivity index (χ0n) is 10.6. The SMILES string of the molecule is O=C(O)c1cc(S(=O)(=O)N2CCC(C(F)(F)F)CC2)cs1. The van der Waals surface area contributed by atoms with Gasteiger partial charge in [0.05, 0.1) is 10.8 Å². The molecule has 0 atom stereocenters. The van der Waals surface area contributed by atoms with Gasteiger partial charge < -0.3 is 5.11 Å². The quantitative estimate of drug-likeness (QED) is 0.915. The molecule has 1 aromatic heterocycles. The number of carboxylic acid groups (broad SMARTS) is 1. The molecule has 0 saturated carbocycles. The Morgan fingerprint density at radius 2 is 1.90 bits per heavy atom. The molecule has 1 aliphatic heterocycles. The molecular weight excluding hydrogens is 331 g/mol. The van der Waals surface area contributed by atoms with E-state index in [2.05, 4.69) is 0 Å². The van der Waals surface area contributed by atoms with E-state index < -0.39 is 28.1 Å². The highest BCUT2D eigenvalue weighted by Gasteiger charge is 2.43. The number of nitrogens with zero attached hydrogens (tertiary/aromatic N) is 1. The minimum absolute atomic E-state index is 0.126. The molecule has 21 heavy (non-hydrogen) atoms. The van der Waals surface area contributed by atoms with Crippen LogP contribution in [0.5, 0.6) is 0 Å². The van der Waals surface area contributed by atoms with E-state index in [1.54, 1.807) is 0 Å². The number of halogens is 3. The van der Waals surface area contributed by atoms with Crippen molar-refractivity contribution in [2.45, 2.75) is 23.9 Å². The van der Waals surface area contributed by atoms with Gasteiger partial charge in [0.15, 0.2) is 0 Å². The van der Waals surface area contributed by atoms with E-state index in [9.17, 15) is 26.4 Å². The Hall–Kier alpha value is -1.13. The third-order valence-corrected chi connectivity index (χ3v) is 6.28. The molecule has 0 aliphatic carbocycles. The van der Waals surface area contributed by atoms with Crippen LogP contribution in [-0.2, 0) is 10.0 Å². The minimum Gasteiger partial charge on any atom is -0.477 e. The predicted octanol–water partition coefficient (Wildman–Crippen LogP) is 2.41. The molecule has 1 fully saturated rings. The third kappa shape index (κ3) is 3.38. The van der Waals surface area contributed by atoms with Gasteiger partial charge in [-0.25, -0.2) is 13.2 Å². The first-order valence-corrected chi connectivity index (χ1v) is 8.33. The molecule has 5 nitrogen and oxygen atoms in total. The molecule has 0 spiro atoms. The van der Waals surface area contributed by atoms with E-state index in [-0.39, 0.29) is 35.7 Å². The molecular formula is C11H12F3NO4S2. The van der Waals surface area contributed by atoms with Crippen LogP contribution in [0.2, 0.25) is 0 Å². The Labute approximate surface area is 123 Å². The number of piperidine rings is 1. The van der Waals surface area contributed by atoms with Crippen molar-refractivity contribution in [3.05, 3.63) is 16.3 Å². The Morgan fingerprint density at radius 3 is 2.33 bits per heavy atom. The van der Waals surface area contributed by atoms with Gasteiger partial charge in [0.1, 0.15) is 4.88 Å². The lowest BCUT2D eigenvalue weighted by Gasteiger charge is -2.31. The van der Waals surface area contributed by atoms with Crippen LogP contribution in [0.25, 0.3) is 0 Å². The standard InChI is InChI=1S/C11H12F3NO4S2/c12-11(13,14)7-1-3-15(4-2-7)21(18,19)8-5-9(10(16)17)20-6-8/h5-7H,1-4H2,(H,16,17). The van der Waals surface area contributed by atoms with Gasteiger partial charge in [0, 0.05) is 18.5 Å². The number of carboxylic acids is 1. The van der Waals surface area contributed by atoms with E-state index in [0.717, 1.165) is 21.7 Å². The van der Waals surface area contributed by atoms with Crippen LogP contribution in [0, 0.1) is 5.92 Å². The van der Waals surface area contributed by atoms with Gasteiger partial charge in [0.2, 0.25) is 10.0 Å². The van der Waals surface area contributed by atoms with E-state index in [4.69, 9.17) is 5.11 Å². The Balaban J connectivity index is 2.13. The highest BCUT2D eigenvalue weighted by atomic mass is 32.2. The Bertz CT molecular complexity index is 630. The maximum atomic E-state index is 12.5. The number of carbonyl (C=O) groups is 1. The van der Waals surface area contributed by atoms with Crippen molar-refractivity contribution in [1.29, 1.82) is 0 Å². The van der Waals surface area contributed by atoms with Crippen molar-refractivity contribution in [2.75, 3.05) is 13.1 Å². The largest absolute Gasteiger partial charge is 0.477 e. The summed E-state index contributed by atoms with van der Waals surface area (Å²) in [5.41, 5.74) is 0. The first kappa shape index (κ1) is 16.2. The van der Waals surface area contributed by atoms with Gasteiger partial charge >= 0.3 is 12.1 Å². The van der Waals surface area contributed by atoms with E-state index in [1.165, 1.54) is 5.38 Å². The summed E-state index contributed by atoms with van der Waals surface area (Å²) in [6.07, 6.45) is -4.87. The average Bonchev–Trinajstić information content (AvgIpc) is 2.88. The molecule has 0 unspecified atom stereocenters. The van der Waals surface area contributed by atoms with E-state index in [0.29, 0.717) is 0 Å². The lowest BCUT2D eigenvalue weighted by atomic mass is 9.98. The number of aromatic carboxylic acids is 1. The zero-order chi connectivity index (χ0) is 15.8. The molecule has 0 amide bonds. The first-order chi connectivity index (χ1) is 9.62. The van der Waals surface area contributed by atoms with Gasteiger partial charge in [-0.1, -0.05) is 0 Å². The normalized spacial score (nSPS) is 18.8. The number of alkyl halides is 3. The van der Waals surface area contributed by atoms with Crippen LogP contribution in [-0.4, -0.2) is 43.1 Å². The number of thiophene rings is 1. The molecule has 118 valence electrons. The number of rotatable bonds is 3. The first-order valence-electron chi connectivity index (χ1n) is 6.01. The topological polar surface area (TPSA) is 74.7 Å². The summed E-state index contributed by atoms with van der Waals surface area (Å²) < 4.78 is 63.1. The molecule has 0 radical (unpaired) electrons. The second-order valence-electron chi connectivity index (χ2n) is 4.67. The summed E-state index contributed by atoms with van der Waals surface area (Å²) in [5, 5.41) is 9.96. The van der Waals surface area contributed by atoms with Crippen LogP contribution in [0.4, 0.5) is 13.2 Å². The molecule has 1 aliphatic rings. The monoisotopic (exact) mass is 343 g/mol. The highest BCUT2D eigenvalue weighted by molar-refractivity contribution is 7.89. The lowest BCUT2D eigenvalue weighted by Crippen LogP contribution is -2.41. The van der Waals surface area contributed by atoms with Crippen LogP contribution in [0.3, 0.4) is 0 Å². The third-order valence-electron chi connectivity index (χ3n) is 3.34. The van der Waals surface area contributed by atoms with Crippen LogP contribution in [0.15, 0.2) is 16.3 Å². The Morgan fingerprint density at radius 1 is 1.33 bits per heavy atom. The number of sulfonamides is 1. The van der Waals surface area contributed by atoms with Crippen molar-refractivity contribution >= 4 is 27.3 Å². The minimum atomic E-state index is -4.31. The second-order valence-corrected chi connectivity index (χ2v) is 7.52. The van der Waals surface area contributed by atoms with Crippen LogP contribution in [0.1, 0.15) is 22.5 Å². The van der Waals surface area contributed by atoms with Crippen molar-refractivity contribution in [3.63, 3.8) is 0 Å². The van der Waals surface area contributed by atoms with Crippen molar-refractivity contribution < 1.29 is 31.5 Å². The molecule has 0 aromatic carbocycles. The summed E-state index contributed by atoms with van der Waals surface area (Å²) in [6.45, 7) is -0.435. The van der Waals surface area contributed by atoms with Gasteiger partial charge in [0.25, 0.3) is 0 Å². The Kier molecular flexibility index (Phi) is 4.31. The van der Waals surface area contributed by atoms with Crippen molar-refractivity contribution in [3.8, 4) is 0 Å². The molecule has 0 bridgehead atoms.